The van der Waals surface area contributed by atoms with Gasteiger partial charge in [0.2, 0.25) is 5.91 Å². The van der Waals surface area contributed by atoms with Gasteiger partial charge >= 0.3 is 0 Å². The number of para-hydroxylation sites is 1. The van der Waals surface area contributed by atoms with E-state index in [9.17, 15) is 4.79 Å². The quantitative estimate of drug-likeness (QED) is 0.755. The summed E-state index contributed by atoms with van der Waals surface area (Å²) in [5.74, 6) is -0.119. The Labute approximate surface area is 146 Å². The van der Waals surface area contributed by atoms with Crippen LogP contribution in [0.15, 0.2) is 18.2 Å². The van der Waals surface area contributed by atoms with Crippen LogP contribution in [-0.2, 0) is 4.79 Å². The normalized spacial score (nSPS) is 11.0. The maximum Gasteiger partial charge on any atom is 0.245 e. The minimum atomic E-state index is -0.119. The zero-order chi connectivity index (χ0) is 16.6. The molecule has 120 valence electrons. The van der Waals surface area contributed by atoms with Crippen LogP contribution >= 0.6 is 34.3 Å². The van der Waals surface area contributed by atoms with Crippen LogP contribution in [0.2, 0.25) is 5.02 Å². The summed E-state index contributed by atoms with van der Waals surface area (Å²) in [6.07, 6.45) is 0. The van der Waals surface area contributed by atoms with Crippen molar-refractivity contribution < 1.29 is 4.79 Å². The third kappa shape index (κ3) is 3.46. The van der Waals surface area contributed by atoms with Gasteiger partial charge in [-0.25, -0.2) is 9.97 Å². The molecule has 0 aliphatic carbocycles. The molecule has 3 rings (SSSR count). The second-order valence-electron chi connectivity index (χ2n) is 5.15. The average molecular weight is 367 g/mol. The van der Waals surface area contributed by atoms with E-state index in [2.05, 4.69) is 15.3 Å². The summed E-state index contributed by atoms with van der Waals surface area (Å²) < 4.78 is 1.01. The predicted molar refractivity (Wildman–Crippen MR) is 98.1 cm³/mol. The first-order valence-electron chi connectivity index (χ1n) is 6.94. The number of rotatable bonds is 4. The summed E-state index contributed by atoms with van der Waals surface area (Å²) in [6.45, 7) is 4.12. The van der Waals surface area contributed by atoms with Gasteiger partial charge in [-0.1, -0.05) is 29.0 Å². The molecule has 8 heteroatoms. The number of halogens is 1. The van der Waals surface area contributed by atoms with E-state index in [4.69, 9.17) is 11.6 Å². The summed E-state index contributed by atoms with van der Waals surface area (Å²) in [5, 5.41) is 4.84. The molecule has 0 saturated carbocycles. The van der Waals surface area contributed by atoms with Crippen molar-refractivity contribution in [2.24, 2.45) is 0 Å². The highest BCUT2D eigenvalue weighted by Crippen LogP contribution is 2.32. The maximum atomic E-state index is 12.2. The predicted octanol–water partition coefficient (Wildman–Crippen LogP) is 4.10. The third-order valence-corrected chi connectivity index (χ3v) is 5.77. The number of anilines is 2. The average Bonchev–Trinajstić information content (AvgIpc) is 3.04. The van der Waals surface area contributed by atoms with Crippen molar-refractivity contribution in [3.63, 3.8) is 0 Å². The van der Waals surface area contributed by atoms with Gasteiger partial charge in [0.05, 0.1) is 22.0 Å². The van der Waals surface area contributed by atoms with Gasteiger partial charge in [-0.15, -0.1) is 11.3 Å². The Hall–Kier alpha value is -1.70. The van der Waals surface area contributed by atoms with Crippen molar-refractivity contribution >= 4 is 60.7 Å². The van der Waals surface area contributed by atoms with Gasteiger partial charge in [-0.05, 0) is 26.0 Å². The van der Waals surface area contributed by atoms with Crippen LogP contribution in [0.3, 0.4) is 0 Å². The first-order valence-corrected chi connectivity index (χ1v) is 8.95. The van der Waals surface area contributed by atoms with Crippen LogP contribution in [0.1, 0.15) is 10.6 Å². The van der Waals surface area contributed by atoms with Crippen molar-refractivity contribution in [3.8, 4) is 0 Å². The standard InChI is InChI=1S/C15H15ClN4OS2/c1-8-9(2)22-14(17-8)18-12(21)7-20(3)15-19-13-10(16)5-4-6-11(13)23-15/h4-6H,7H2,1-3H3,(H,17,18,21). The summed E-state index contributed by atoms with van der Waals surface area (Å²) in [6, 6.07) is 5.68. The first kappa shape index (κ1) is 16.2. The number of nitrogens with one attached hydrogen (secondary N) is 1. The van der Waals surface area contributed by atoms with Crippen molar-refractivity contribution in [3.05, 3.63) is 33.8 Å². The third-order valence-electron chi connectivity index (χ3n) is 3.34. The summed E-state index contributed by atoms with van der Waals surface area (Å²) in [5.41, 5.74) is 1.71. The molecular weight excluding hydrogens is 352 g/mol. The molecule has 1 N–H and O–H groups in total. The molecule has 0 fully saturated rings. The fourth-order valence-electron chi connectivity index (χ4n) is 2.03. The number of hydrogen-bond donors (Lipinski definition) is 1. The molecule has 0 unspecified atom stereocenters. The van der Waals surface area contributed by atoms with Gasteiger partial charge in [-0.2, -0.15) is 0 Å². The Bertz CT molecular complexity index is 854. The van der Waals surface area contributed by atoms with Gasteiger partial charge in [0, 0.05) is 11.9 Å². The topological polar surface area (TPSA) is 58.1 Å². The van der Waals surface area contributed by atoms with Gasteiger partial charge in [0.25, 0.3) is 0 Å². The molecular formula is C15H15ClN4OS2. The van der Waals surface area contributed by atoms with Gasteiger partial charge < -0.3 is 10.2 Å². The molecule has 0 aliphatic rings. The fraction of sp³-hybridized carbons (Fsp3) is 0.267. The van der Waals surface area contributed by atoms with Crippen LogP contribution < -0.4 is 10.2 Å². The smallest absolute Gasteiger partial charge is 0.245 e. The van der Waals surface area contributed by atoms with Gasteiger partial charge in [0.1, 0.15) is 5.52 Å². The minimum absolute atomic E-state index is 0.119. The second kappa shape index (κ2) is 6.43. The summed E-state index contributed by atoms with van der Waals surface area (Å²) in [4.78, 5) is 23.9. The fourth-order valence-corrected chi connectivity index (χ4v) is 4.09. The Morgan fingerprint density at radius 3 is 2.74 bits per heavy atom. The molecule has 2 aromatic heterocycles. The highest BCUT2D eigenvalue weighted by molar-refractivity contribution is 7.22. The molecule has 0 radical (unpaired) electrons. The van der Waals surface area contributed by atoms with E-state index in [1.54, 1.807) is 0 Å². The van der Waals surface area contributed by atoms with Crippen LogP contribution in [0.25, 0.3) is 10.2 Å². The van der Waals surface area contributed by atoms with Crippen molar-refractivity contribution in [1.82, 2.24) is 9.97 Å². The second-order valence-corrected chi connectivity index (χ2v) is 7.77. The molecule has 0 atom stereocenters. The summed E-state index contributed by atoms with van der Waals surface area (Å²) in [7, 11) is 1.84. The number of aromatic nitrogens is 2. The highest BCUT2D eigenvalue weighted by Gasteiger charge is 2.14. The monoisotopic (exact) mass is 366 g/mol. The Kier molecular flexibility index (Phi) is 4.52. The molecule has 0 aliphatic heterocycles. The van der Waals surface area contributed by atoms with E-state index < -0.39 is 0 Å². The number of nitrogens with zero attached hydrogens (tertiary/aromatic N) is 3. The molecule has 5 nitrogen and oxygen atoms in total. The number of amides is 1. The number of fused-ring (bicyclic) bond motifs is 1. The SMILES string of the molecule is Cc1nc(NC(=O)CN(C)c2nc3c(Cl)cccc3s2)sc1C. The Morgan fingerprint density at radius 2 is 2.09 bits per heavy atom. The van der Waals surface area contributed by atoms with Crippen LogP contribution in [-0.4, -0.2) is 29.5 Å². The van der Waals surface area contributed by atoms with E-state index in [-0.39, 0.29) is 12.5 Å². The van der Waals surface area contributed by atoms with Crippen LogP contribution in [0, 0.1) is 13.8 Å². The number of hydrogen-bond acceptors (Lipinski definition) is 6. The summed E-state index contributed by atoms with van der Waals surface area (Å²) >= 11 is 9.14. The van der Waals surface area contributed by atoms with Crippen LogP contribution in [0.4, 0.5) is 10.3 Å². The zero-order valence-corrected chi connectivity index (χ0v) is 15.3. The van der Waals surface area contributed by atoms with E-state index in [1.165, 1.54) is 22.7 Å². The van der Waals surface area contributed by atoms with E-state index >= 15 is 0 Å². The number of likely N-dealkylation sites (N-methyl/N-ethyl adjacent to an activating group) is 1. The lowest BCUT2D eigenvalue weighted by Gasteiger charge is -2.14. The van der Waals surface area contributed by atoms with Crippen LogP contribution in [0.5, 0.6) is 0 Å². The first-order chi connectivity index (χ1) is 10.9. The number of thiazole rings is 2. The van der Waals surface area contributed by atoms with Crippen molar-refractivity contribution in [2.45, 2.75) is 13.8 Å². The molecule has 0 spiro atoms. The van der Waals surface area contributed by atoms with Crippen molar-refractivity contribution in [2.75, 3.05) is 23.8 Å². The lowest BCUT2D eigenvalue weighted by molar-refractivity contribution is -0.114. The number of carbonyl (C=O) groups is 1. The number of carbonyl (C=O) groups excluding carboxylic acids is 1. The van der Waals surface area contributed by atoms with E-state index in [1.807, 2.05) is 44.0 Å². The molecule has 23 heavy (non-hydrogen) atoms. The molecule has 1 aromatic carbocycles. The number of aryl methyl sites for hydroxylation is 2. The van der Waals surface area contributed by atoms with Gasteiger partial charge in [0.15, 0.2) is 10.3 Å². The van der Waals surface area contributed by atoms with Crippen molar-refractivity contribution in [1.29, 1.82) is 0 Å². The Balaban J connectivity index is 1.71. The van der Waals surface area contributed by atoms with E-state index in [0.29, 0.717) is 10.2 Å². The molecule has 0 saturated heterocycles. The molecule has 3 aromatic rings. The minimum Gasteiger partial charge on any atom is -0.342 e. The molecule has 2 heterocycles. The number of benzene rings is 1. The Morgan fingerprint density at radius 1 is 1.30 bits per heavy atom. The molecule has 0 bridgehead atoms. The molecule has 1 amide bonds. The largest absolute Gasteiger partial charge is 0.342 e. The highest BCUT2D eigenvalue weighted by atomic mass is 35.5. The lowest BCUT2D eigenvalue weighted by atomic mass is 10.3. The maximum absolute atomic E-state index is 12.2. The zero-order valence-electron chi connectivity index (χ0n) is 12.9. The van der Waals surface area contributed by atoms with Gasteiger partial charge in [-0.3, -0.25) is 4.79 Å². The lowest BCUT2D eigenvalue weighted by Crippen LogP contribution is -2.29. The van der Waals surface area contributed by atoms with E-state index in [0.717, 1.165) is 25.9 Å².